The summed E-state index contributed by atoms with van der Waals surface area (Å²) < 4.78 is 0. The third kappa shape index (κ3) is 3.21. The predicted molar refractivity (Wildman–Crippen MR) is 72.1 cm³/mol. The Kier molecular flexibility index (Phi) is 3.99. The van der Waals surface area contributed by atoms with E-state index in [1.54, 1.807) is 24.1 Å². The fourth-order valence-electron chi connectivity index (χ4n) is 2.34. The zero-order valence-electron chi connectivity index (χ0n) is 10.8. The highest BCUT2D eigenvalue weighted by atomic mass is 16.6. The van der Waals surface area contributed by atoms with Crippen molar-refractivity contribution in [3.8, 4) is 0 Å². The van der Waals surface area contributed by atoms with E-state index in [2.05, 4.69) is 5.32 Å². The number of non-ortho nitro benzene ring substituents is 1. The van der Waals surface area contributed by atoms with E-state index in [9.17, 15) is 14.9 Å². The highest BCUT2D eigenvalue weighted by molar-refractivity contribution is 5.89. The van der Waals surface area contributed by atoms with Gasteiger partial charge in [-0.1, -0.05) is 12.8 Å². The van der Waals surface area contributed by atoms with Crippen LogP contribution in [0.3, 0.4) is 0 Å². The van der Waals surface area contributed by atoms with Crippen molar-refractivity contribution in [3.63, 3.8) is 0 Å². The van der Waals surface area contributed by atoms with Crippen LogP contribution in [0.2, 0.25) is 0 Å². The van der Waals surface area contributed by atoms with Gasteiger partial charge in [-0.2, -0.15) is 0 Å². The fourth-order valence-corrected chi connectivity index (χ4v) is 2.34. The number of nitro benzene ring substituents is 1. The van der Waals surface area contributed by atoms with Crippen LogP contribution in [0.1, 0.15) is 25.7 Å². The minimum Gasteiger partial charge on any atom is -0.325 e. The van der Waals surface area contributed by atoms with Crippen molar-refractivity contribution < 1.29 is 9.72 Å². The molecule has 0 aromatic heterocycles. The third-order valence-corrected chi connectivity index (χ3v) is 3.52. The van der Waals surface area contributed by atoms with Crippen LogP contribution in [0.25, 0.3) is 0 Å². The number of amides is 2. The number of nitro groups is 1. The smallest absolute Gasteiger partial charge is 0.321 e. The first-order valence-electron chi connectivity index (χ1n) is 6.36. The SMILES string of the molecule is CN(C(=O)Nc1ccc([N+](=O)[O-])cc1)C1CCCC1. The number of hydrogen-bond acceptors (Lipinski definition) is 3. The van der Waals surface area contributed by atoms with Crippen molar-refractivity contribution in [2.45, 2.75) is 31.7 Å². The highest BCUT2D eigenvalue weighted by Gasteiger charge is 2.23. The molecule has 1 aliphatic rings. The number of rotatable bonds is 3. The molecule has 102 valence electrons. The maximum Gasteiger partial charge on any atom is 0.321 e. The van der Waals surface area contributed by atoms with Gasteiger partial charge in [0.25, 0.3) is 5.69 Å². The van der Waals surface area contributed by atoms with E-state index >= 15 is 0 Å². The standard InChI is InChI=1S/C13H17N3O3/c1-15(11-4-2-3-5-11)13(17)14-10-6-8-12(9-7-10)16(18)19/h6-9,11H,2-5H2,1H3,(H,14,17). The lowest BCUT2D eigenvalue weighted by molar-refractivity contribution is -0.384. The summed E-state index contributed by atoms with van der Waals surface area (Å²) in [7, 11) is 1.79. The lowest BCUT2D eigenvalue weighted by Crippen LogP contribution is -2.38. The number of carbonyl (C=O) groups excluding carboxylic acids is 1. The molecule has 1 aromatic carbocycles. The molecule has 19 heavy (non-hydrogen) atoms. The number of anilines is 1. The van der Waals surface area contributed by atoms with Gasteiger partial charge in [0.15, 0.2) is 0 Å². The Morgan fingerprint density at radius 2 is 1.89 bits per heavy atom. The summed E-state index contributed by atoms with van der Waals surface area (Å²) in [5.41, 5.74) is 0.586. The minimum absolute atomic E-state index is 0.0159. The molecule has 0 radical (unpaired) electrons. The van der Waals surface area contributed by atoms with Crippen LogP contribution in [-0.4, -0.2) is 28.9 Å². The van der Waals surface area contributed by atoms with E-state index in [-0.39, 0.29) is 11.7 Å². The van der Waals surface area contributed by atoms with Crippen molar-refractivity contribution in [1.82, 2.24) is 4.90 Å². The summed E-state index contributed by atoms with van der Waals surface area (Å²) in [6.07, 6.45) is 4.42. The summed E-state index contributed by atoms with van der Waals surface area (Å²) in [5, 5.41) is 13.3. The van der Waals surface area contributed by atoms with Crippen LogP contribution in [0.4, 0.5) is 16.2 Å². The Balaban J connectivity index is 1.96. The molecule has 0 atom stereocenters. The summed E-state index contributed by atoms with van der Waals surface area (Å²) in [4.78, 5) is 23.8. The van der Waals surface area contributed by atoms with Crippen LogP contribution in [0.15, 0.2) is 24.3 Å². The average molecular weight is 263 g/mol. The lowest BCUT2D eigenvalue weighted by atomic mass is 10.2. The molecule has 1 aromatic rings. The van der Waals surface area contributed by atoms with E-state index in [4.69, 9.17) is 0 Å². The van der Waals surface area contributed by atoms with Crippen LogP contribution < -0.4 is 5.32 Å². The van der Waals surface area contributed by atoms with Crippen molar-refractivity contribution in [1.29, 1.82) is 0 Å². The fraction of sp³-hybridized carbons (Fsp3) is 0.462. The summed E-state index contributed by atoms with van der Waals surface area (Å²) >= 11 is 0. The second-order valence-corrected chi connectivity index (χ2v) is 4.78. The molecule has 0 aliphatic heterocycles. The first-order valence-corrected chi connectivity index (χ1v) is 6.36. The Hall–Kier alpha value is -2.11. The van der Waals surface area contributed by atoms with Crippen molar-refractivity contribution >= 4 is 17.4 Å². The van der Waals surface area contributed by atoms with Gasteiger partial charge in [0.2, 0.25) is 0 Å². The Bertz CT molecular complexity index is 467. The van der Waals surface area contributed by atoms with Gasteiger partial charge in [0.1, 0.15) is 0 Å². The second kappa shape index (κ2) is 5.69. The number of benzene rings is 1. The first-order chi connectivity index (χ1) is 9.08. The van der Waals surface area contributed by atoms with Gasteiger partial charge in [0, 0.05) is 30.9 Å². The van der Waals surface area contributed by atoms with E-state index < -0.39 is 4.92 Å². The minimum atomic E-state index is -0.462. The molecule has 1 fully saturated rings. The van der Waals surface area contributed by atoms with Gasteiger partial charge in [0.05, 0.1) is 4.92 Å². The average Bonchev–Trinajstić information content (AvgIpc) is 2.92. The molecule has 6 nitrogen and oxygen atoms in total. The highest BCUT2D eigenvalue weighted by Crippen LogP contribution is 2.23. The molecule has 1 N–H and O–H groups in total. The second-order valence-electron chi connectivity index (χ2n) is 4.78. The number of urea groups is 1. The van der Waals surface area contributed by atoms with Crippen LogP contribution >= 0.6 is 0 Å². The van der Waals surface area contributed by atoms with Gasteiger partial charge >= 0.3 is 6.03 Å². The quantitative estimate of drug-likeness (QED) is 0.672. The molecule has 0 unspecified atom stereocenters. The maximum atomic E-state index is 12.0. The lowest BCUT2D eigenvalue weighted by Gasteiger charge is -2.24. The topological polar surface area (TPSA) is 75.5 Å². The Morgan fingerprint density at radius 1 is 1.32 bits per heavy atom. The summed E-state index contributed by atoms with van der Waals surface area (Å²) in [6.45, 7) is 0. The predicted octanol–water partition coefficient (Wildman–Crippen LogP) is 3.00. The van der Waals surface area contributed by atoms with Gasteiger partial charge in [-0.25, -0.2) is 4.79 Å². The molecular formula is C13H17N3O3. The number of nitrogens with one attached hydrogen (secondary N) is 1. The zero-order chi connectivity index (χ0) is 13.8. The van der Waals surface area contributed by atoms with E-state index in [0.717, 1.165) is 12.8 Å². The van der Waals surface area contributed by atoms with Gasteiger partial charge in [-0.15, -0.1) is 0 Å². The molecule has 0 bridgehead atoms. The van der Waals surface area contributed by atoms with Crippen LogP contribution in [-0.2, 0) is 0 Å². The largest absolute Gasteiger partial charge is 0.325 e. The number of hydrogen-bond donors (Lipinski definition) is 1. The monoisotopic (exact) mass is 263 g/mol. The van der Waals surface area contributed by atoms with Crippen LogP contribution in [0.5, 0.6) is 0 Å². The molecule has 0 saturated heterocycles. The molecule has 2 amide bonds. The first kappa shape index (κ1) is 13.3. The van der Waals surface area contributed by atoms with Crippen molar-refractivity contribution in [3.05, 3.63) is 34.4 Å². The number of carbonyl (C=O) groups is 1. The Labute approximate surface area is 111 Å². The Morgan fingerprint density at radius 3 is 2.42 bits per heavy atom. The summed E-state index contributed by atoms with van der Waals surface area (Å²) in [5.74, 6) is 0. The maximum absolute atomic E-state index is 12.0. The molecule has 1 aliphatic carbocycles. The van der Waals surface area contributed by atoms with Crippen molar-refractivity contribution in [2.75, 3.05) is 12.4 Å². The molecule has 2 rings (SSSR count). The van der Waals surface area contributed by atoms with Gasteiger partial charge < -0.3 is 10.2 Å². The van der Waals surface area contributed by atoms with Crippen molar-refractivity contribution in [2.24, 2.45) is 0 Å². The third-order valence-electron chi connectivity index (χ3n) is 3.52. The van der Waals surface area contributed by atoms with E-state index in [1.807, 2.05) is 0 Å². The van der Waals surface area contributed by atoms with Gasteiger partial charge in [-0.3, -0.25) is 10.1 Å². The van der Waals surface area contributed by atoms with Gasteiger partial charge in [-0.05, 0) is 25.0 Å². The van der Waals surface area contributed by atoms with Crippen LogP contribution in [0, 0.1) is 10.1 Å². The number of nitrogens with zero attached hydrogens (tertiary/aromatic N) is 2. The zero-order valence-corrected chi connectivity index (χ0v) is 10.8. The normalized spacial score (nSPS) is 15.2. The molecule has 6 heteroatoms. The molecule has 0 heterocycles. The molecular weight excluding hydrogens is 246 g/mol. The van der Waals surface area contributed by atoms with E-state index in [1.165, 1.54) is 25.0 Å². The molecule has 1 saturated carbocycles. The molecule has 0 spiro atoms. The van der Waals surface area contributed by atoms with E-state index in [0.29, 0.717) is 11.7 Å². The summed E-state index contributed by atoms with van der Waals surface area (Å²) in [6, 6.07) is 5.98.